The fourth-order valence-corrected chi connectivity index (χ4v) is 2.55. The molecule has 2 aromatic rings. The molecule has 4 N–H and O–H groups in total. The number of halogens is 3. The minimum absolute atomic E-state index is 0.119. The Kier molecular flexibility index (Phi) is 6.27. The second-order valence-corrected chi connectivity index (χ2v) is 6.24. The lowest BCUT2D eigenvalue weighted by Gasteiger charge is -2.10. The molecular formula is C15H13BrCl2N4O. The normalized spacial score (nSPS) is 10.7. The van der Waals surface area contributed by atoms with Crippen LogP contribution in [0.3, 0.4) is 0 Å². The van der Waals surface area contributed by atoms with Crippen LogP contribution in [-0.2, 0) is 6.61 Å². The maximum Gasteiger partial charge on any atom is 0.211 e. The minimum Gasteiger partial charge on any atom is -0.488 e. The average molecular weight is 416 g/mol. The van der Waals surface area contributed by atoms with E-state index in [0.717, 1.165) is 15.6 Å². The molecule has 0 saturated heterocycles. The molecule has 0 unspecified atom stereocenters. The van der Waals surface area contributed by atoms with E-state index in [4.69, 9.17) is 39.4 Å². The number of hydrogen-bond acceptors (Lipinski definition) is 3. The summed E-state index contributed by atoms with van der Waals surface area (Å²) in [7, 11) is 0. The van der Waals surface area contributed by atoms with Crippen molar-refractivity contribution in [2.45, 2.75) is 6.61 Å². The Morgan fingerprint density at radius 3 is 2.65 bits per heavy atom. The van der Waals surface area contributed by atoms with Crippen LogP contribution in [0.25, 0.3) is 0 Å². The number of guanidine groups is 1. The Morgan fingerprint density at radius 2 is 1.96 bits per heavy atom. The predicted molar refractivity (Wildman–Crippen MR) is 98.3 cm³/mol. The molecule has 0 aliphatic heterocycles. The van der Waals surface area contributed by atoms with E-state index in [9.17, 15) is 0 Å². The summed E-state index contributed by atoms with van der Waals surface area (Å²) in [5.74, 6) is 0.500. The van der Waals surface area contributed by atoms with Crippen molar-refractivity contribution >= 4 is 51.3 Å². The van der Waals surface area contributed by atoms with Crippen molar-refractivity contribution in [3.63, 3.8) is 0 Å². The van der Waals surface area contributed by atoms with Gasteiger partial charge in [-0.1, -0.05) is 45.2 Å². The van der Waals surface area contributed by atoms with Crippen LogP contribution in [0.4, 0.5) is 0 Å². The Hall–Kier alpha value is -1.76. The van der Waals surface area contributed by atoms with E-state index >= 15 is 0 Å². The van der Waals surface area contributed by atoms with Crippen molar-refractivity contribution in [2.24, 2.45) is 21.7 Å². The minimum atomic E-state index is -0.119. The van der Waals surface area contributed by atoms with Crippen molar-refractivity contribution in [1.82, 2.24) is 0 Å². The van der Waals surface area contributed by atoms with E-state index in [1.54, 1.807) is 12.1 Å². The Morgan fingerprint density at radius 1 is 1.17 bits per heavy atom. The summed E-state index contributed by atoms with van der Waals surface area (Å²) in [4.78, 5) is 0. The summed E-state index contributed by atoms with van der Waals surface area (Å²) in [6, 6.07) is 10.8. The first kappa shape index (κ1) is 17.6. The first-order valence-electron chi connectivity index (χ1n) is 6.44. The summed E-state index contributed by atoms with van der Waals surface area (Å²) in [5.41, 5.74) is 12.0. The maximum atomic E-state index is 6.14. The van der Waals surface area contributed by atoms with Gasteiger partial charge in [-0.05, 0) is 30.3 Å². The quantitative estimate of drug-likeness (QED) is 0.440. The van der Waals surface area contributed by atoms with Gasteiger partial charge in [0.15, 0.2) is 0 Å². The molecule has 0 fully saturated rings. The van der Waals surface area contributed by atoms with Crippen LogP contribution in [0.15, 0.2) is 51.1 Å². The zero-order valence-corrected chi connectivity index (χ0v) is 14.9. The number of rotatable bonds is 5. The van der Waals surface area contributed by atoms with Crippen LogP contribution in [0.1, 0.15) is 11.1 Å². The molecule has 0 radical (unpaired) electrons. The summed E-state index contributed by atoms with van der Waals surface area (Å²) in [6.45, 7) is 0.292. The highest BCUT2D eigenvalue weighted by Crippen LogP contribution is 2.25. The van der Waals surface area contributed by atoms with Crippen LogP contribution < -0.4 is 16.2 Å². The molecule has 5 nitrogen and oxygen atoms in total. The van der Waals surface area contributed by atoms with E-state index in [0.29, 0.717) is 22.4 Å². The van der Waals surface area contributed by atoms with Crippen molar-refractivity contribution in [3.05, 3.63) is 62.0 Å². The van der Waals surface area contributed by atoms with Gasteiger partial charge in [-0.25, -0.2) is 0 Å². The molecule has 0 saturated carbocycles. The van der Waals surface area contributed by atoms with E-state index in [1.165, 1.54) is 6.21 Å². The number of nitrogens with zero attached hydrogens (tertiary/aromatic N) is 2. The number of hydrogen-bond donors (Lipinski definition) is 2. The molecule has 0 spiro atoms. The topological polar surface area (TPSA) is 86.0 Å². The first-order valence-corrected chi connectivity index (χ1v) is 7.99. The summed E-state index contributed by atoms with van der Waals surface area (Å²) < 4.78 is 6.68. The molecule has 0 bridgehead atoms. The molecule has 8 heteroatoms. The highest BCUT2D eigenvalue weighted by molar-refractivity contribution is 9.10. The van der Waals surface area contributed by atoms with Gasteiger partial charge in [0.05, 0.1) is 6.21 Å². The van der Waals surface area contributed by atoms with E-state index < -0.39 is 0 Å². The molecule has 120 valence electrons. The van der Waals surface area contributed by atoms with Gasteiger partial charge < -0.3 is 16.2 Å². The van der Waals surface area contributed by atoms with E-state index in [-0.39, 0.29) is 5.96 Å². The lowest BCUT2D eigenvalue weighted by molar-refractivity contribution is 0.306. The Balaban J connectivity index is 2.19. The molecule has 0 aliphatic carbocycles. The SMILES string of the molecule is NC(N)=NN=Cc1cc(Br)ccc1OCc1ccc(Cl)cc1Cl. The first-order chi connectivity index (χ1) is 11.0. The smallest absolute Gasteiger partial charge is 0.211 e. The van der Waals surface area contributed by atoms with E-state index in [2.05, 4.69) is 26.1 Å². The van der Waals surface area contributed by atoms with Gasteiger partial charge in [0.25, 0.3) is 0 Å². The Labute approximate surface area is 152 Å². The monoisotopic (exact) mass is 414 g/mol. The van der Waals surface area contributed by atoms with Gasteiger partial charge >= 0.3 is 0 Å². The average Bonchev–Trinajstić information content (AvgIpc) is 2.47. The molecule has 0 amide bonds. The zero-order chi connectivity index (χ0) is 16.8. The van der Waals surface area contributed by atoms with Gasteiger partial charge in [0, 0.05) is 25.6 Å². The molecule has 0 atom stereocenters. The summed E-state index contributed by atoms with van der Waals surface area (Å²) in [5, 5.41) is 8.49. The van der Waals surface area contributed by atoms with Crippen molar-refractivity contribution in [3.8, 4) is 5.75 Å². The van der Waals surface area contributed by atoms with Gasteiger partial charge in [-0.2, -0.15) is 5.10 Å². The van der Waals surface area contributed by atoms with Gasteiger partial charge in [0.1, 0.15) is 12.4 Å². The van der Waals surface area contributed by atoms with Crippen LogP contribution in [0, 0.1) is 0 Å². The number of nitrogens with two attached hydrogens (primary N) is 2. The third-order valence-corrected chi connectivity index (χ3v) is 3.82. The second kappa shape index (κ2) is 8.19. The van der Waals surface area contributed by atoms with Gasteiger partial charge in [-0.3, -0.25) is 0 Å². The van der Waals surface area contributed by atoms with Crippen LogP contribution in [-0.4, -0.2) is 12.2 Å². The largest absolute Gasteiger partial charge is 0.488 e. The molecular weight excluding hydrogens is 403 g/mol. The van der Waals surface area contributed by atoms with E-state index in [1.807, 2.05) is 24.3 Å². The zero-order valence-electron chi connectivity index (χ0n) is 11.8. The maximum absolute atomic E-state index is 6.14. The third kappa shape index (κ3) is 5.42. The lowest BCUT2D eigenvalue weighted by Crippen LogP contribution is -2.21. The summed E-state index contributed by atoms with van der Waals surface area (Å²) >= 11 is 15.4. The third-order valence-electron chi connectivity index (χ3n) is 2.74. The van der Waals surface area contributed by atoms with Crippen LogP contribution in [0.2, 0.25) is 10.0 Å². The standard InChI is InChI=1S/C15H13BrCl2N4O/c16-11-2-4-14(10(5-11)7-21-22-15(19)20)23-8-9-1-3-12(17)6-13(9)18/h1-7H,8H2,(H4,19,20,22). The van der Waals surface area contributed by atoms with Gasteiger partial charge in [0.2, 0.25) is 5.96 Å². The molecule has 2 rings (SSSR count). The van der Waals surface area contributed by atoms with Crippen molar-refractivity contribution < 1.29 is 4.74 Å². The second-order valence-electron chi connectivity index (χ2n) is 4.48. The fourth-order valence-electron chi connectivity index (χ4n) is 1.70. The van der Waals surface area contributed by atoms with Crippen molar-refractivity contribution in [1.29, 1.82) is 0 Å². The Bertz CT molecular complexity index is 761. The summed E-state index contributed by atoms with van der Waals surface area (Å²) in [6.07, 6.45) is 1.50. The number of ether oxygens (including phenoxy) is 1. The highest BCUT2D eigenvalue weighted by Gasteiger charge is 2.06. The molecule has 23 heavy (non-hydrogen) atoms. The molecule has 0 heterocycles. The van der Waals surface area contributed by atoms with Gasteiger partial charge in [-0.15, -0.1) is 5.10 Å². The molecule has 0 aromatic heterocycles. The van der Waals surface area contributed by atoms with Crippen LogP contribution >= 0.6 is 39.1 Å². The van der Waals surface area contributed by atoms with Crippen molar-refractivity contribution in [2.75, 3.05) is 0 Å². The molecule has 2 aromatic carbocycles. The molecule has 0 aliphatic rings. The van der Waals surface area contributed by atoms with Crippen LogP contribution in [0.5, 0.6) is 5.75 Å². The predicted octanol–water partition coefficient (Wildman–Crippen LogP) is 3.94. The lowest BCUT2D eigenvalue weighted by atomic mass is 10.2. The number of benzene rings is 2. The fraction of sp³-hybridized carbons (Fsp3) is 0.0667. The highest BCUT2D eigenvalue weighted by atomic mass is 79.9.